The maximum absolute atomic E-state index is 11.2. The second kappa shape index (κ2) is 8.51. The van der Waals surface area contributed by atoms with E-state index in [1.165, 1.54) is 7.11 Å². The summed E-state index contributed by atoms with van der Waals surface area (Å²) in [5, 5.41) is 8.90. The smallest absolute Gasteiger partial charge is 0.306 e. The number of allylic oxidation sites excluding steroid dienone is 4. The number of carbonyl (C=O) groups excluding carboxylic acids is 1. The zero-order valence-corrected chi connectivity index (χ0v) is 12.4. The number of aliphatic carboxylic acids is 1. The largest absolute Gasteiger partial charge is 0.481 e. The Morgan fingerprint density at radius 1 is 1.16 bits per heavy atom. The van der Waals surface area contributed by atoms with E-state index in [1.807, 2.05) is 39.8 Å². The number of hydrogen-bond acceptors (Lipinski definition) is 3. The van der Waals surface area contributed by atoms with Crippen LogP contribution in [0.2, 0.25) is 0 Å². The standard InChI is InChI=1S/C15H24O4/c1-10(2)6-13(9-14(16)17)7-11(3)12(4)8-15(18)19-5/h6-7,12-13H,8-9H2,1-5H3,(H,16,17)/b11-7-. The molecular weight excluding hydrogens is 244 g/mol. The van der Waals surface area contributed by atoms with Crippen molar-refractivity contribution in [2.24, 2.45) is 11.8 Å². The second-order valence-corrected chi connectivity index (χ2v) is 5.10. The van der Waals surface area contributed by atoms with Crippen molar-refractivity contribution < 1.29 is 19.4 Å². The first kappa shape index (κ1) is 17.4. The molecule has 0 spiro atoms. The van der Waals surface area contributed by atoms with Crippen molar-refractivity contribution in [3.05, 3.63) is 23.3 Å². The molecule has 0 saturated carbocycles. The quantitative estimate of drug-likeness (QED) is 0.569. The van der Waals surface area contributed by atoms with Crippen LogP contribution in [0.1, 0.15) is 40.5 Å². The van der Waals surface area contributed by atoms with Crippen LogP contribution in [0.5, 0.6) is 0 Å². The maximum Gasteiger partial charge on any atom is 0.306 e. The number of carbonyl (C=O) groups is 2. The topological polar surface area (TPSA) is 63.6 Å². The van der Waals surface area contributed by atoms with Gasteiger partial charge in [0.05, 0.1) is 20.0 Å². The van der Waals surface area contributed by atoms with Gasteiger partial charge >= 0.3 is 11.9 Å². The third kappa shape index (κ3) is 8.19. The first-order chi connectivity index (χ1) is 8.76. The maximum atomic E-state index is 11.2. The Labute approximate surface area is 115 Å². The van der Waals surface area contributed by atoms with Crippen LogP contribution >= 0.6 is 0 Å². The molecular formula is C15H24O4. The van der Waals surface area contributed by atoms with E-state index in [9.17, 15) is 9.59 Å². The zero-order chi connectivity index (χ0) is 15.0. The van der Waals surface area contributed by atoms with Crippen molar-refractivity contribution in [2.75, 3.05) is 7.11 Å². The Hall–Kier alpha value is -1.58. The molecule has 1 N–H and O–H groups in total. The lowest BCUT2D eigenvalue weighted by atomic mass is 9.92. The Morgan fingerprint density at radius 3 is 2.16 bits per heavy atom. The molecule has 0 bridgehead atoms. The minimum Gasteiger partial charge on any atom is -0.481 e. The van der Waals surface area contributed by atoms with Gasteiger partial charge in [-0.3, -0.25) is 9.59 Å². The number of ether oxygens (including phenoxy) is 1. The van der Waals surface area contributed by atoms with E-state index in [0.29, 0.717) is 6.42 Å². The number of hydrogen-bond donors (Lipinski definition) is 1. The Kier molecular flexibility index (Phi) is 7.80. The summed E-state index contributed by atoms with van der Waals surface area (Å²) in [6, 6.07) is 0. The van der Waals surface area contributed by atoms with Crippen molar-refractivity contribution in [1.29, 1.82) is 0 Å². The third-order valence-electron chi connectivity index (χ3n) is 2.91. The summed E-state index contributed by atoms with van der Waals surface area (Å²) < 4.78 is 4.63. The SMILES string of the molecule is COC(=O)CC(C)/C(C)=C\C(C=C(C)C)CC(=O)O. The first-order valence-electron chi connectivity index (χ1n) is 6.38. The highest BCUT2D eigenvalue weighted by Crippen LogP contribution is 2.20. The number of esters is 1. The molecule has 0 radical (unpaired) electrons. The predicted molar refractivity (Wildman–Crippen MR) is 74.7 cm³/mol. The van der Waals surface area contributed by atoms with Gasteiger partial charge in [0.1, 0.15) is 0 Å². The average molecular weight is 268 g/mol. The predicted octanol–water partition coefficient (Wildman–Crippen LogP) is 3.19. The number of rotatable bonds is 7. The molecule has 108 valence electrons. The van der Waals surface area contributed by atoms with Gasteiger partial charge in [-0.05, 0) is 26.7 Å². The second-order valence-electron chi connectivity index (χ2n) is 5.10. The van der Waals surface area contributed by atoms with Crippen molar-refractivity contribution in [2.45, 2.75) is 40.5 Å². The summed E-state index contributed by atoms with van der Waals surface area (Å²) in [6.07, 6.45) is 4.23. The normalized spacial score (nSPS) is 14.5. The molecule has 0 aliphatic heterocycles. The fourth-order valence-corrected chi connectivity index (χ4v) is 1.79. The van der Waals surface area contributed by atoms with E-state index in [-0.39, 0.29) is 24.2 Å². The van der Waals surface area contributed by atoms with Crippen molar-refractivity contribution >= 4 is 11.9 Å². The van der Waals surface area contributed by atoms with Crippen LogP contribution in [-0.4, -0.2) is 24.2 Å². The van der Waals surface area contributed by atoms with E-state index < -0.39 is 5.97 Å². The highest BCUT2D eigenvalue weighted by molar-refractivity contribution is 5.70. The Balaban J connectivity index is 4.85. The number of carboxylic acid groups (broad SMARTS) is 1. The van der Waals surface area contributed by atoms with E-state index >= 15 is 0 Å². The van der Waals surface area contributed by atoms with Gasteiger partial charge in [-0.25, -0.2) is 0 Å². The summed E-state index contributed by atoms with van der Waals surface area (Å²) >= 11 is 0. The van der Waals surface area contributed by atoms with Crippen LogP contribution in [0.25, 0.3) is 0 Å². The summed E-state index contributed by atoms with van der Waals surface area (Å²) in [5.41, 5.74) is 2.09. The van der Waals surface area contributed by atoms with Crippen molar-refractivity contribution in [1.82, 2.24) is 0 Å². The lowest BCUT2D eigenvalue weighted by Gasteiger charge is -2.14. The van der Waals surface area contributed by atoms with E-state index in [4.69, 9.17) is 5.11 Å². The van der Waals surface area contributed by atoms with Crippen LogP contribution in [0.4, 0.5) is 0 Å². The lowest BCUT2D eigenvalue weighted by Crippen LogP contribution is -2.10. The van der Waals surface area contributed by atoms with Crippen molar-refractivity contribution in [3.8, 4) is 0 Å². The van der Waals surface area contributed by atoms with Crippen molar-refractivity contribution in [3.63, 3.8) is 0 Å². The van der Waals surface area contributed by atoms with Gasteiger partial charge in [0.15, 0.2) is 0 Å². The third-order valence-corrected chi connectivity index (χ3v) is 2.91. The number of carboxylic acids is 1. The molecule has 0 rings (SSSR count). The molecule has 0 heterocycles. The first-order valence-corrected chi connectivity index (χ1v) is 6.38. The van der Waals surface area contributed by atoms with Crippen LogP contribution in [0.3, 0.4) is 0 Å². The molecule has 0 amide bonds. The molecule has 0 aliphatic rings. The molecule has 0 fully saturated rings. The van der Waals surface area contributed by atoms with Gasteiger partial charge in [0.2, 0.25) is 0 Å². The highest BCUT2D eigenvalue weighted by Gasteiger charge is 2.14. The van der Waals surface area contributed by atoms with Crippen LogP contribution in [0, 0.1) is 11.8 Å². The monoisotopic (exact) mass is 268 g/mol. The molecule has 0 aromatic rings. The van der Waals surface area contributed by atoms with Crippen LogP contribution < -0.4 is 0 Å². The van der Waals surface area contributed by atoms with Gasteiger partial charge in [0, 0.05) is 5.92 Å². The highest BCUT2D eigenvalue weighted by atomic mass is 16.5. The fraction of sp³-hybridized carbons (Fsp3) is 0.600. The average Bonchev–Trinajstić information content (AvgIpc) is 2.26. The summed E-state index contributed by atoms with van der Waals surface area (Å²) in [7, 11) is 1.37. The molecule has 4 nitrogen and oxygen atoms in total. The molecule has 4 heteroatoms. The lowest BCUT2D eigenvalue weighted by molar-refractivity contribution is -0.141. The van der Waals surface area contributed by atoms with E-state index in [0.717, 1.165) is 11.1 Å². The van der Waals surface area contributed by atoms with Gasteiger partial charge in [-0.1, -0.05) is 30.2 Å². The van der Waals surface area contributed by atoms with Gasteiger partial charge in [0.25, 0.3) is 0 Å². The molecule has 0 aliphatic carbocycles. The Bertz CT molecular complexity index is 376. The zero-order valence-electron chi connectivity index (χ0n) is 12.4. The Morgan fingerprint density at radius 2 is 1.74 bits per heavy atom. The molecule has 0 aromatic heterocycles. The summed E-state index contributed by atoms with van der Waals surface area (Å²) in [4.78, 5) is 22.0. The summed E-state index contributed by atoms with van der Waals surface area (Å²) in [6.45, 7) is 7.73. The number of methoxy groups -OCH3 is 1. The minimum absolute atomic E-state index is 0.0503. The van der Waals surface area contributed by atoms with E-state index in [1.54, 1.807) is 0 Å². The van der Waals surface area contributed by atoms with Gasteiger partial charge in [-0.15, -0.1) is 0 Å². The summed E-state index contributed by atoms with van der Waals surface area (Å²) in [5.74, 6) is -1.17. The van der Waals surface area contributed by atoms with Crippen LogP contribution in [-0.2, 0) is 14.3 Å². The van der Waals surface area contributed by atoms with Gasteiger partial charge in [-0.2, -0.15) is 0 Å². The molecule has 2 atom stereocenters. The van der Waals surface area contributed by atoms with Gasteiger partial charge < -0.3 is 9.84 Å². The molecule has 0 saturated heterocycles. The van der Waals surface area contributed by atoms with E-state index in [2.05, 4.69) is 4.74 Å². The molecule has 0 aromatic carbocycles. The molecule has 19 heavy (non-hydrogen) atoms. The molecule has 2 unspecified atom stereocenters. The minimum atomic E-state index is -0.827. The fourth-order valence-electron chi connectivity index (χ4n) is 1.79. The van der Waals surface area contributed by atoms with Crippen LogP contribution in [0.15, 0.2) is 23.3 Å².